The van der Waals surface area contributed by atoms with Crippen molar-refractivity contribution in [1.29, 1.82) is 0 Å². The van der Waals surface area contributed by atoms with Crippen LogP contribution in [-0.4, -0.2) is 18.9 Å². The van der Waals surface area contributed by atoms with E-state index in [-0.39, 0.29) is 5.78 Å². The molecule has 2 heterocycles. The summed E-state index contributed by atoms with van der Waals surface area (Å²) in [4.78, 5) is 15.7. The molecule has 0 radical (unpaired) electrons. The Morgan fingerprint density at radius 1 is 0.825 bits per heavy atom. The summed E-state index contributed by atoms with van der Waals surface area (Å²) in [7, 11) is 0. The summed E-state index contributed by atoms with van der Waals surface area (Å²) in [6.45, 7) is 10.2. The Hall–Kier alpha value is -4.57. The molecule has 4 heteroatoms. The molecule has 0 amide bonds. The molecule has 0 N–H and O–H groups in total. The van der Waals surface area contributed by atoms with E-state index in [1.165, 1.54) is 0 Å². The first-order valence-corrected chi connectivity index (χ1v) is 14.0. The number of anilines is 1. The summed E-state index contributed by atoms with van der Waals surface area (Å²) >= 11 is 0. The Bertz CT molecular complexity index is 1660. The Kier molecular flexibility index (Phi) is 6.77. The normalized spacial score (nSPS) is 19.0. The molecule has 3 aromatic carbocycles. The Morgan fingerprint density at radius 3 is 2.33 bits per heavy atom. The number of fused-ring (bicyclic) bond motifs is 2. The molecular weight excluding hydrogens is 494 g/mol. The lowest BCUT2D eigenvalue weighted by Gasteiger charge is -2.27. The van der Waals surface area contributed by atoms with Crippen LogP contribution in [0.3, 0.4) is 0 Å². The Balaban J connectivity index is 1.50. The van der Waals surface area contributed by atoms with Crippen LogP contribution in [0.4, 0.5) is 5.69 Å². The zero-order valence-corrected chi connectivity index (χ0v) is 23.5. The van der Waals surface area contributed by atoms with Crippen LogP contribution in [0, 0.1) is 0 Å². The van der Waals surface area contributed by atoms with Gasteiger partial charge in [0.2, 0.25) is 0 Å². The van der Waals surface area contributed by atoms with Gasteiger partial charge in [0, 0.05) is 48.0 Å². The standard InChI is InChI=1S/C36H33NO3/c1-5-37(6-2)28-16-17-29-23(3)18-33(40-32(29)22-28)35(25-12-8-7-9-13-25)34-21-27(19-24(4)39-34)31-20-26-14-10-11-15-30(26)36(31)38/h7-19,21-22H,5-6,20H2,1-4H3. The number of Topliss-reactive ketones (excluding diaryl/α,β-unsaturated/α-hetero) is 1. The second-order valence-corrected chi connectivity index (χ2v) is 10.4. The number of hydrogen-bond acceptors (Lipinski definition) is 4. The van der Waals surface area contributed by atoms with Gasteiger partial charge in [0.05, 0.1) is 5.57 Å². The monoisotopic (exact) mass is 527 g/mol. The highest BCUT2D eigenvalue weighted by molar-refractivity contribution is 6.14. The van der Waals surface area contributed by atoms with Crippen LogP contribution in [0.1, 0.15) is 54.7 Å². The largest absolute Gasteiger partial charge is 0.461 e. The van der Waals surface area contributed by atoms with Crippen molar-refractivity contribution in [2.24, 2.45) is 0 Å². The Morgan fingerprint density at radius 2 is 1.57 bits per heavy atom. The summed E-state index contributed by atoms with van der Waals surface area (Å²) < 4.78 is 13.1. The van der Waals surface area contributed by atoms with E-state index in [1.807, 2.05) is 61.5 Å². The fourth-order valence-electron chi connectivity index (χ4n) is 5.76. The summed E-state index contributed by atoms with van der Waals surface area (Å²) in [6.07, 6.45) is 6.66. The van der Waals surface area contributed by atoms with E-state index in [0.717, 1.165) is 80.6 Å². The number of benzene rings is 3. The zero-order chi connectivity index (χ0) is 27.8. The maximum Gasteiger partial charge on any atom is 0.190 e. The van der Waals surface area contributed by atoms with E-state index < -0.39 is 0 Å². The first-order chi connectivity index (χ1) is 19.5. The van der Waals surface area contributed by atoms with E-state index in [2.05, 4.69) is 62.1 Å². The molecule has 0 bridgehead atoms. The summed E-state index contributed by atoms with van der Waals surface area (Å²) in [5, 5.41) is 0. The van der Waals surface area contributed by atoms with Crippen LogP contribution in [0.5, 0.6) is 5.75 Å². The molecule has 0 saturated carbocycles. The van der Waals surface area contributed by atoms with Crippen LogP contribution >= 0.6 is 0 Å². The van der Waals surface area contributed by atoms with Crippen molar-refractivity contribution in [3.8, 4) is 5.75 Å². The molecule has 4 nitrogen and oxygen atoms in total. The van der Waals surface area contributed by atoms with Crippen LogP contribution < -0.4 is 9.64 Å². The van der Waals surface area contributed by atoms with Crippen molar-refractivity contribution >= 4 is 22.6 Å². The predicted octanol–water partition coefficient (Wildman–Crippen LogP) is 8.29. The second-order valence-electron chi connectivity index (χ2n) is 10.4. The van der Waals surface area contributed by atoms with Gasteiger partial charge in [0.1, 0.15) is 23.0 Å². The van der Waals surface area contributed by atoms with Gasteiger partial charge >= 0.3 is 0 Å². The molecular formula is C36H33NO3. The Labute approximate surface area is 236 Å². The van der Waals surface area contributed by atoms with E-state index in [4.69, 9.17) is 9.47 Å². The minimum Gasteiger partial charge on any atom is -0.461 e. The fraction of sp³-hybridized carbons (Fsp3) is 0.194. The van der Waals surface area contributed by atoms with Gasteiger partial charge in [0.25, 0.3) is 0 Å². The quantitative estimate of drug-likeness (QED) is 0.313. The predicted molar refractivity (Wildman–Crippen MR) is 162 cm³/mol. The molecule has 0 spiro atoms. The van der Waals surface area contributed by atoms with Crippen molar-refractivity contribution in [1.82, 2.24) is 0 Å². The van der Waals surface area contributed by atoms with Crippen LogP contribution in [0.25, 0.3) is 11.1 Å². The molecule has 0 fully saturated rings. The number of ether oxygens (including phenoxy) is 2. The minimum atomic E-state index is 0.0866. The molecule has 1 aliphatic carbocycles. The number of rotatable bonds is 5. The van der Waals surface area contributed by atoms with Gasteiger partial charge < -0.3 is 14.4 Å². The third kappa shape index (κ3) is 4.60. The second kappa shape index (κ2) is 10.5. The van der Waals surface area contributed by atoms with E-state index in [9.17, 15) is 4.79 Å². The van der Waals surface area contributed by atoms with Crippen LogP contribution in [0.2, 0.25) is 0 Å². The lowest BCUT2D eigenvalue weighted by atomic mass is 9.94. The molecule has 6 rings (SSSR count). The highest BCUT2D eigenvalue weighted by Gasteiger charge is 2.29. The number of allylic oxidation sites excluding steroid dienone is 8. The van der Waals surface area contributed by atoms with Gasteiger partial charge in [-0.3, -0.25) is 4.79 Å². The molecule has 0 atom stereocenters. The molecule has 0 unspecified atom stereocenters. The SMILES string of the molecule is CCN(CC)c1ccc2c(c1)OC(=C(C1=CC(=C3Cc4ccccc4C3=O)C=C(C)O1)c1ccccc1)C=C2C. The van der Waals surface area contributed by atoms with Crippen molar-refractivity contribution in [3.05, 3.63) is 142 Å². The van der Waals surface area contributed by atoms with Crippen molar-refractivity contribution < 1.29 is 14.3 Å². The van der Waals surface area contributed by atoms with Gasteiger partial charge in [-0.05, 0) is 80.3 Å². The van der Waals surface area contributed by atoms with Crippen molar-refractivity contribution in [2.45, 2.75) is 34.1 Å². The molecule has 40 heavy (non-hydrogen) atoms. The molecule has 0 aromatic heterocycles. The summed E-state index contributed by atoms with van der Waals surface area (Å²) in [6, 6.07) is 24.5. The molecule has 3 aliphatic rings. The maximum atomic E-state index is 13.4. The molecule has 200 valence electrons. The van der Waals surface area contributed by atoms with Gasteiger partial charge in [-0.1, -0.05) is 54.6 Å². The number of nitrogens with zero attached hydrogens (tertiary/aromatic N) is 1. The maximum absolute atomic E-state index is 13.4. The van der Waals surface area contributed by atoms with Crippen LogP contribution in [0.15, 0.2) is 119 Å². The van der Waals surface area contributed by atoms with Gasteiger partial charge in [-0.15, -0.1) is 0 Å². The smallest absolute Gasteiger partial charge is 0.190 e. The molecule has 0 saturated heterocycles. The van der Waals surface area contributed by atoms with Crippen molar-refractivity contribution in [3.63, 3.8) is 0 Å². The third-order valence-electron chi connectivity index (χ3n) is 7.81. The van der Waals surface area contributed by atoms with Gasteiger partial charge in [-0.25, -0.2) is 0 Å². The number of ketones is 1. The van der Waals surface area contributed by atoms with E-state index in [0.29, 0.717) is 12.2 Å². The minimum absolute atomic E-state index is 0.0866. The van der Waals surface area contributed by atoms with Crippen molar-refractivity contribution in [2.75, 3.05) is 18.0 Å². The average molecular weight is 528 g/mol. The highest BCUT2D eigenvalue weighted by Crippen LogP contribution is 2.42. The van der Waals surface area contributed by atoms with Gasteiger partial charge in [-0.2, -0.15) is 0 Å². The zero-order valence-electron chi connectivity index (χ0n) is 23.5. The topological polar surface area (TPSA) is 38.8 Å². The highest BCUT2D eigenvalue weighted by atomic mass is 16.5. The molecule has 2 aliphatic heterocycles. The number of carbonyl (C=O) groups excluding carboxylic acids is 1. The first kappa shape index (κ1) is 25.7. The number of hydrogen-bond donors (Lipinski definition) is 0. The van der Waals surface area contributed by atoms with Crippen LogP contribution in [-0.2, 0) is 11.2 Å². The lowest BCUT2D eigenvalue weighted by Crippen LogP contribution is -2.22. The average Bonchev–Trinajstić information content (AvgIpc) is 3.30. The number of carbonyl (C=O) groups is 1. The van der Waals surface area contributed by atoms with Gasteiger partial charge in [0.15, 0.2) is 5.78 Å². The third-order valence-corrected chi connectivity index (χ3v) is 7.81. The fourth-order valence-corrected chi connectivity index (χ4v) is 5.76. The summed E-state index contributed by atoms with van der Waals surface area (Å²) in [5.41, 5.74) is 8.71. The first-order valence-electron chi connectivity index (χ1n) is 14.0. The van der Waals surface area contributed by atoms with E-state index in [1.54, 1.807) is 0 Å². The molecule has 3 aromatic rings. The van der Waals surface area contributed by atoms with E-state index >= 15 is 0 Å². The lowest BCUT2D eigenvalue weighted by molar-refractivity contribution is 0.103. The summed E-state index contributed by atoms with van der Waals surface area (Å²) in [5.74, 6) is 3.04.